The Morgan fingerprint density at radius 2 is 2.00 bits per heavy atom. The molecule has 2 heterocycles. The van der Waals surface area contributed by atoms with E-state index in [0.29, 0.717) is 11.8 Å². The molecule has 124 valence electrons. The van der Waals surface area contributed by atoms with E-state index in [4.69, 9.17) is 0 Å². The molecule has 2 aliphatic rings. The molecule has 0 spiro atoms. The molecule has 1 saturated heterocycles. The van der Waals surface area contributed by atoms with Crippen molar-refractivity contribution < 1.29 is 9.90 Å². The SMILES string of the molecule is O=C(O)C1CC2CC(CN(Cc3cnccn3)C2)c2ccccc21. The van der Waals surface area contributed by atoms with Gasteiger partial charge in [0, 0.05) is 38.2 Å². The van der Waals surface area contributed by atoms with E-state index in [-0.39, 0.29) is 5.92 Å². The van der Waals surface area contributed by atoms with Gasteiger partial charge in [-0.2, -0.15) is 0 Å². The van der Waals surface area contributed by atoms with Crippen molar-refractivity contribution in [3.8, 4) is 0 Å². The number of piperidine rings is 1. The van der Waals surface area contributed by atoms with Gasteiger partial charge in [-0.05, 0) is 35.8 Å². The number of aromatic nitrogens is 2. The number of carbonyl (C=O) groups is 1. The smallest absolute Gasteiger partial charge is 0.310 e. The van der Waals surface area contributed by atoms with Crippen LogP contribution < -0.4 is 0 Å². The normalized spacial score (nSPS) is 26.4. The van der Waals surface area contributed by atoms with Gasteiger partial charge in [0.15, 0.2) is 0 Å². The van der Waals surface area contributed by atoms with E-state index in [9.17, 15) is 9.90 Å². The predicted molar refractivity (Wildman–Crippen MR) is 89.6 cm³/mol. The number of nitrogens with zero attached hydrogens (tertiary/aromatic N) is 3. The van der Waals surface area contributed by atoms with Gasteiger partial charge in [0.25, 0.3) is 0 Å². The standard InChI is InChI=1S/C19H21N3O2/c23-19(24)18-8-13-7-14(16-3-1-2-4-17(16)18)11-22(10-13)12-15-9-20-5-6-21-15/h1-6,9,13-14,18H,7-8,10-12H2,(H,23,24). The molecular weight excluding hydrogens is 302 g/mol. The van der Waals surface area contributed by atoms with Crippen molar-refractivity contribution in [2.24, 2.45) is 5.92 Å². The van der Waals surface area contributed by atoms with Crippen molar-refractivity contribution in [1.82, 2.24) is 14.9 Å². The van der Waals surface area contributed by atoms with Crippen LogP contribution in [0.15, 0.2) is 42.9 Å². The summed E-state index contributed by atoms with van der Waals surface area (Å²) in [6.07, 6.45) is 7.03. The second kappa shape index (κ2) is 6.32. The van der Waals surface area contributed by atoms with E-state index >= 15 is 0 Å². The molecule has 1 aromatic carbocycles. The molecule has 1 aliphatic heterocycles. The third-order valence-electron chi connectivity index (χ3n) is 5.29. The van der Waals surface area contributed by atoms with Crippen molar-refractivity contribution >= 4 is 5.97 Å². The van der Waals surface area contributed by atoms with Crippen LogP contribution in [0.2, 0.25) is 0 Å². The number of hydrogen-bond donors (Lipinski definition) is 1. The zero-order valence-corrected chi connectivity index (χ0v) is 13.5. The highest BCUT2D eigenvalue weighted by Crippen LogP contribution is 2.43. The number of rotatable bonds is 3. The Hall–Kier alpha value is -2.27. The number of carboxylic acid groups (broad SMARTS) is 1. The summed E-state index contributed by atoms with van der Waals surface area (Å²) in [5.74, 6) is -0.266. The first kappa shape index (κ1) is 15.3. The highest BCUT2D eigenvalue weighted by molar-refractivity contribution is 5.77. The van der Waals surface area contributed by atoms with Crippen molar-refractivity contribution in [2.45, 2.75) is 31.2 Å². The van der Waals surface area contributed by atoms with E-state index in [1.165, 1.54) is 5.56 Å². The van der Waals surface area contributed by atoms with Crippen LogP contribution in [0.4, 0.5) is 0 Å². The minimum Gasteiger partial charge on any atom is -0.481 e. The minimum atomic E-state index is -0.699. The number of hydrogen-bond acceptors (Lipinski definition) is 4. The van der Waals surface area contributed by atoms with Crippen LogP contribution in [-0.4, -0.2) is 39.0 Å². The second-order valence-corrected chi connectivity index (χ2v) is 6.94. The Kier molecular flexibility index (Phi) is 4.02. The Bertz CT molecular complexity index is 734. The van der Waals surface area contributed by atoms with Gasteiger partial charge < -0.3 is 5.11 Å². The number of likely N-dealkylation sites (tertiary alicyclic amines) is 1. The maximum absolute atomic E-state index is 11.8. The first-order valence-electron chi connectivity index (χ1n) is 8.49. The molecule has 0 saturated carbocycles. The molecule has 24 heavy (non-hydrogen) atoms. The van der Waals surface area contributed by atoms with E-state index < -0.39 is 5.97 Å². The third kappa shape index (κ3) is 2.91. The van der Waals surface area contributed by atoms with Gasteiger partial charge in [-0.3, -0.25) is 19.7 Å². The van der Waals surface area contributed by atoms with Gasteiger partial charge in [-0.15, -0.1) is 0 Å². The highest BCUT2D eigenvalue weighted by Gasteiger charge is 2.37. The summed E-state index contributed by atoms with van der Waals surface area (Å²) in [6, 6.07) is 8.10. The molecule has 0 radical (unpaired) electrons. The van der Waals surface area contributed by atoms with Crippen LogP contribution in [0, 0.1) is 5.92 Å². The molecule has 0 amide bonds. The number of benzene rings is 1. The van der Waals surface area contributed by atoms with E-state index in [1.54, 1.807) is 12.4 Å². The number of carboxylic acids is 1. The van der Waals surface area contributed by atoms with Gasteiger partial charge >= 0.3 is 5.97 Å². The second-order valence-electron chi connectivity index (χ2n) is 6.94. The summed E-state index contributed by atoms with van der Waals surface area (Å²) < 4.78 is 0. The first-order valence-corrected chi connectivity index (χ1v) is 8.49. The molecule has 2 aromatic rings. The minimum absolute atomic E-state index is 0.382. The summed E-state index contributed by atoms with van der Waals surface area (Å²) in [4.78, 5) is 22.7. The topological polar surface area (TPSA) is 66.3 Å². The number of fused-ring (bicyclic) bond motifs is 4. The van der Waals surface area contributed by atoms with Crippen LogP contribution >= 0.6 is 0 Å². The van der Waals surface area contributed by atoms with Gasteiger partial charge in [-0.1, -0.05) is 24.3 Å². The fraction of sp³-hybridized carbons (Fsp3) is 0.421. The monoisotopic (exact) mass is 323 g/mol. The highest BCUT2D eigenvalue weighted by atomic mass is 16.4. The molecule has 1 fully saturated rings. The fourth-order valence-corrected chi connectivity index (χ4v) is 4.36. The van der Waals surface area contributed by atoms with Crippen molar-refractivity contribution in [3.63, 3.8) is 0 Å². The van der Waals surface area contributed by atoms with Crippen LogP contribution in [-0.2, 0) is 11.3 Å². The molecule has 5 heteroatoms. The molecule has 1 aromatic heterocycles. The van der Waals surface area contributed by atoms with E-state index in [1.807, 2.05) is 24.4 Å². The average molecular weight is 323 g/mol. The van der Waals surface area contributed by atoms with Gasteiger partial charge in [0.1, 0.15) is 0 Å². The zero-order chi connectivity index (χ0) is 16.5. The van der Waals surface area contributed by atoms with Crippen LogP contribution in [0.5, 0.6) is 0 Å². The summed E-state index contributed by atoms with van der Waals surface area (Å²) in [6.45, 7) is 2.67. The van der Waals surface area contributed by atoms with Crippen LogP contribution in [0.25, 0.3) is 0 Å². The quantitative estimate of drug-likeness (QED) is 0.940. The Morgan fingerprint density at radius 1 is 1.17 bits per heavy atom. The van der Waals surface area contributed by atoms with Crippen molar-refractivity contribution in [1.29, 1.82) is 0 Å². The lowest BCUT2D eigenvalue weighted by atomic mass is 9.85. The lowest BCUT2D eigenvalue weighted by Crippen LogP contribution is -2.38. The Morgan fingerprint density at radius 3 is 2.75 bits per heavy atom. The molecule has 4 rings (SSSR count). The Balaban J connectivity index is 1.63. The van der Waals surface area contributed by atoms with Crippen molar-refractivity contribution in [3.05, 3.63) is 59.7 Å². The summed E-state index contributed by atoms with van der Waals surface area (Å²) in [7, 11) is 0. The Labute approximate surface area is 141 Å². The van der Waals surface area contributed by atoms with Crippen LogP contribution in [0.3, 0.4) is 0 Å². The summed E-state index contributed by atoms with van der Waals surface area (Å²) >= 11 is 0. The molecule has 5 nitrogen and oxygen atoms in total. The summed E-state index contributed by atoms with van der Waals surface area (Å²) in [5.41, 5.74) is 3.20. The van der Waals surface area contributed by atoms with E-state index in [0.717, 1.165) is 43.7 Å². The van der Waals surface area contributed by atoms with E-state index in [2.05, 4.69) is 20.9 Å². The molecule has 3 unspecified atom stereocenters. The van der Waals surface area contributed by atoms with Crippen molar-refractivity contribution in [2.75, 3.05) is 13.1 Å². The fourth-order valence-electron chi connectivity index (χ4n) is 4.36. The molecular formula is C19H21N3O2. The maximum Gasteiger partial charge on any atom is 0.310 e. The molecule has 3 atom stereocenters. The van der Waals surface area contributed by atoms with Crippen LogP contribution in [0.1, 0.15) is 41.5 Å². The predicted octanol–water partition coefficient (Wildman–Crippen LogP) is 2.65. The third-order valence-corrected chi connectivity index (χ3v) is 5.29. The van der Waals surface area contributed by atoms with Gasteiger partial charge in [0.2, 0.25) is 0 Å². The largest absolute Gasteiger partial charge is 0.481 e. The average Bonchev–Trinajstić information content (AvgIpc) is 2.71. The zero-order valence-electron chi connectivity index (χ0n) is 13.5. The maximum atomic E-state index is 11.8. The van der Waals surface area contributed by atoms with Gasteiger partial charge in [-0.25, -0.2) is 0 Å². The van der Waals surface area contributed by atoms with Gasteiger partial charge in [0.05, 0.1) is 11.6 Å². The molecule has 2 bridgehead atoms. The lowest BCUT2D eigenvalue weighted by molar-refractivity contribution is -0.139. The first-order chi connectivity index (χ1) is 11.7. The molecule has 1 N–H and O–H groups in total. The molecule has 1 aliphatic carbocycles. The number of aliphatic carboxylic acids is 1. The summed E-state index contributed by atoms with van der Waals surface area (Å²) in [5, 5.41) is 9.70. The lowest BCUT2D eigenvalue weighted by Gasteiger charge is -2.36.